The standard InChI is InChI=1S/C11H11ClO4/c1-14-11(13)7-3-4-8(12)10-9(7)15-5-2-6-16-10/h3-4H,2,5-6H2,1H3. The Morgan fingerprint density at radius 1 is 1.31 bits per heavy atom. The molecule has 0 aromatic heterocycles. The van der Waals surface area contributed by atoms with E-state index in [2.05, 4.69) is 4.74 Å². The van der Waals surface area contributed by atoms with Gasteiger partial charge in [0.05, 0.1) is 25.3 Å². The molecule has 1 aromatic carbocycles. The summed E-state index contributed by atoms with van der Waals surface area (Å²) < 4.78 is 15.6. The molecule has 0 spiro atoms. The molecule has 0 amide bonds. The van der Waals surface area contributed by atoms with Crippen LogP contribution in [0.2, 0.25) is 5.02 Å². The summed E-state index contributed by atoms with van der Waals surface area (Å²) in [6.07, 6.45) is 0.756. The summed E-state index contributed by atoms with van der Waals surface area (Å²) in [5.41, 5.74) is 0.337. The van der Waals surface area contributed by atoms with E-state index in [1.54, 1.807) is 12.1 Å². The fourth-order valence-electron chi connectivity index (χ4n) is 1.49. The van der Waals surface area contributed by atoms with Crippen LogP contribution in [-0.4, -0.2) is 26.3 Å². The molecule has 86 valence electrons. The largest absolute Gasteiger partial charge is 0.489 e. The van der Waals surface area contributed by atoms with E-state index in [0.29, 0.717) is 35.3 Å². The topological polar surface area (TPSA) is 44.8 Å². The van der Waals surface area contributed by atoms with Gasteiger partial charge in [0, 0.05) is 6.42 Å². The maximum atomic E-state index is 11.5. The number of hydrogen-bond donors (Lipinski definition) is 0. The Labute approximate surface area is 98.1 Å². The minimum Gasteiger partial charge on any atom is -0.489 e. The Hall–Kier alpha value is -1.42. The van der Waals surface area contributed by atoms with Crippen LogP contribution in [0.15, 0.2) is 12.1 Å². The first-order chi connectivity index (χ1) is 7.74. The summed E-state index contributed by atoms with van der Waals surface area (Å²) in [5, 5.41) is 0.435. The highest BCUT2D eigenvalue weighted by atomic mass is 35.5. The molecule has 0 atom stereocenters. The lowest BCUT2D eigenvalue weighted by atomic mass is 10.2. The smallest absolute Gasteiger partial charge is 0.341 e. The van der Waals surface area contributed by atoms with Crippen LogP contribution in [0.4, 0.5) is 0 Å². The van der Waals surface area contributed by atoms with Crippen molar-refractivity contribution >= 4 is 17.6 Å². The Kier molecular flexibility index (Phi) is 3.19. The molecule has 5 heteroatoms. The molecule has 0 fully saturated rings. The Morgan fingerprint density at radius 2 is 2.00 bits per heavy atom. The molecule has 1 aromatic rings. The molecular weight excluding hydrogens is 232 g/mol. The normalized spacial score (nSPS) is 14.1. The van der Waals surface area contributed by atoms with Gasteiger partial charge in [-0.15, -0.1) is 0 Å². The van der Waals surface area contributed by atoms with Crippen molar-refractivity contribution in [1.29, 1.82) is 0 Å². The van der Waals surface area contributed by atoms with Gasteiger partial charge in [0.2, 0.25) is 0 Å². The van der Waals surface area contributed by atoms with Crippen LogP contribution in [0.5, 0.6) is 11.5 Å². The lowest BCUT2D eigenvalue weighted by Gasteiger charge is -2.12. The van der Waals surface area contributed by atoms with E-state index in [-0.39, 0.29) is 0 Å². The quantitative estimate of drug-likeness (QED) is 0.709. The second kappa shape index (κ2) is 4.61. The number of carbonyl (C=O) groups excluding carboxylic acids is 1. The van der Waals surface area contributed by atoms with E-state index in [4.69, 9.17) is 21.1 Å². The molecule has 0 aliphatic carbocycles. The third-order valence-electron chi connectivity index (χ3n) is 2.25. The van der Waals surface area contributed by atoms with Crippen LogP contribution in [-0.2, 0) is 4.74 Å². The van der Waals surface area contributed by atoms with Gasteiger partial charge in [-0.05, 0) is 12.1 Å². The van der Waals surface area contributed by atoms with Gasteiger partial charge in [-0.25, -0.2) is 4.79 Å². The number of ether oxygens (including phenoxy) is 3. The maximum Gasteiger partial charge on any atom is 0.341 e. The second-order valence-corrected chi connectivity index (χ2v) is 3.70. The molecule has 1 heterocycles. The van der Waals surface area contributed by atoms with Gasteiger partial charge in [-0.2, -0.15) is 0 Å². The number of benzene rings is 1. The third kappa shape index (κ3) is 1.93. The van der Waals surface area contributed by atoms with Crippen molar-refractivity contribution in [2.24, 2.45) is 0 Å². The fraction of sp³-hybridized carbons (Fsp3) is 0.364. The van der Waals surface area contributed by atoms with E-state index in [1.807, 2.05) is 0 Å². The highest BCUT2D eigenvalue weighted by Crippen LogP contribution is 2.39. The minimum atomic E-state index is -0.460. The maximum absolute atomic E-state index is 11.5. The lowest BCUT2D eigenvalue weighted by Crippen LogP contribution is -2.06. The first-order valence-corrected chi connectivity index (χ1v) is 5.28. The zero-order valence-corrected chi connectivity index (χ0v) is 9.54. The minimum absolute atomic E-state index is 0.337. The third-order valence-corrected chi connectivity index (χ3v) is 2.55. The first kappa shape index (κ1) is 11.1. The van der Waals surface area contributed by atoms with Gasteiger partial charge in [0.25, 0.3) is 0 Å². The molecule has 0 unspecified atom stereocenters. The lowest BCUT2D eigenvalue weighted by molar-refractivity contribution is 0.0596. The zero-order chi connectivity index (χ0) is 11.5. The SMILES string of the molecule is COC(=O)c1ccc(Cl)c2c1OCCCO2. The summed E-state index contributed by atoms with van der Waals surface area (Å²) in [6.45, 7) is 1.02. The van der Waals surface area contributed by atoms with E-state index in [9.17, 15) is 4.79 Å². The summed E-state index contributed by atoms with van der Waals surface area (Å²) in [7, 11) is 1.32. The number of rotatable bonds is 1. The monoisotopic (exact) mass is 242 g/mol. The van der Waals surface area contributed by atoms with Crippen LogP contribution in [0.25, 0.3) is 0 Å². The van der Waals surface area contributed by atoms with Crippen LogP contribution in [0, 0.1) is 0 Å². The Balaban J connectivity index is 2.51. The molecule has 0 saturated heterocycles. The molecule has 1 aliphatic rings. The van der Waals surface area contributed by atoms with Crippen molar-refractivity contribution in [2.45, 2.75) is 6.42 Å². The fourth-order valence-corrected chi connectivity index (χ4v) is 1.70. The van der Waals surface area contributed by atoms with E-state index >= 15 is 0 Å². The van der Waals surface area contributed by atoms with Crippen LogP contribution < -0.4 is 9.47 Å². The highest BCUT2D eigenvalue weighted by molar-refractivity contribution is 6.32. The molecule has 0 saturated carbocycles. The Bertz CT molecular complexity index is 417. The summed E-state index contributed by atoms with van der Waals surface area (Å²) >= 11 is 5.98. The van der Waals surface area contributed by atoms with Gasteiger partial charge in [0.15, 0.2) is 11.5 Å². The zero-order valence-electron chi connectivity index (χ0n) is 8.79. The van der Waals surface area contributed by atoms with E-state index in [1.165, 1.54) is 7.11 Å². The molecule has 0 radical (unpaired) electrons. The highest BCUT2D eigenvalue weighted by Gasteiger charge is 2.22. The number of methoxy groups -OCH3 is 1. The number of hydrogen-bond acceptors (Lipinski definition) is 4. The summed E-state index contributed by atoms with van der Waals surface area (Å²) in [5.74, 6) is 0.331. The molecule has 16 heavy (non-hydrogen) atoms. The van der Waals surface area contributed by atoms with Gasteiger partial charge < -0.3 is 14.2 Å². The van der Waals surface area contributed by atoms with Crippen LogP contribution in [0.1, 0.15) is 16.8 Å². The predicted octanol–water partition coefficient (Wildman–Crippen LogP) is 2.29. The van der Waals surface area contributed by atoms with Gasteiger partial charge in [-0.1, -0.05) is 11.6 Å². The number of esters is 1. The predicted molar refractivity (Wildman–Crippen MR) is 58.4 cm³/mol. The second-order valence-electron chi connectivity index (χ2n) is 3.30. The van der Waals surface area contributed by atoms with E-state index in [0.717, 1.165) is 6.42 Å². The van der Waals surface area contributed by atoms with Crippen molar-refractivity contribution in [2.75, 3.05) is 20.3 Å². The first-order valence-electron chi connectivity index (χ1n) is 4.90. The summed E-state index contributed by atoms with van der Waals surface area (Å²) in [4.78, 5) is 11.5. The van der Waals surface area contributed by atoms with Gasteiger partial charge >= 0.3 is 5.97 Å². The average molecular weight is 243 g/mol. The Morgan fingerprint density at radius 3 is 2.69 bits per heavy atom. The van der Waals surface area contributed by atoms with Crippen LogP contribution in [0.3, 0.4) is 0 Å². The number of fused-ring (bicyclic) bond motifs is 1. The number of halogens is 1. The molecule has 0 N–H and O–H groups in total. The molecule has 0 bridgehead atoms. The van der Waals surface area contributed by atoms with Crippen molar-refractivity contribution < 1.29 is 19.0 Å². The summed E-state index contributed by atoms with van der Waals surface area (Å²) in [6, 6.07) is 3.17. The van der Waals surface area contributed by atoms with Crippen molar-refractivity contribution in [3.05, 3.63) is 22.7 Å². The van der Waals surface area contributed by atoms with Crippen molar-refractivity contribution in [3.63, 3.8) is 0 Å². The molecular formula is C11H11ClO4. The number of carbonyl (C=O) groups is 1. The molecule has 4 nitrogen and oxygen atoms in total. The van der Waals surface area contributed by atoms with Gasteiger partial charge in [-0.3, -0.25) is 0 Å². The van der Waals surface area contributed by atoms with Crippen LogP contribution >= 0.6 is 11.6 Å². The van der Waals surface area contributed by atoms with E-state index < -0.39 is 5.97 Å². The van der Waals surface area contributed by atoms with Gasteiger partial charge in [0.1, 0.15) is 5.56 Å². The molecule has 2 rings (SSSR count). The molecule has 1 aliphatic heterocycles. The average Bonchev–Trinajstić information content (AvgIpc) is 2.55. The van der Waals surface area contributed by atoms with Crippen molar-refractivity contribution in [3.8, 4) is 11.5 Å². The van der Waals surface area contributed by atoms with Crippen molar-refractivity contribution in [1.82, 2.24) is 0 Å².